The lowest BCUT2D eigenvalue weighted by molar-refractivity contribution is 0.312. The fourth-order valence-corrected chi connectivity index (χ4v) is 3.29. The van der Waals surface area contributed by atoms with Crippen molar-refractivity contribution in [1.29, 1.82) is 5.26 Å². The van der Waals surface area contributed by atoms with Crippen molar-refractivity contribution in [2.24, 2.45) is 11.7 Å². The quantitative estimate of drug-likeness (QED) is 0.943. The van der Waals surface area contributed by atoms with Crippen LogP contribution in [0.5, 0.6) is 0 Å². The third kappa shape index (κ3) is 2.64. The maximum Gasteiger partial charge on any atom is 0.125 e. The van der Waals surface area contributed by atoms with Gasteiger partial charge in [-0.3, -0.25) is 0 Å². The third-order valence-electron chi connectivity index (χ3n) is 4.34. The Balaban J connectivity index is 2.01. The second-order valence-electron chi connectivity index (χ2n) is 5.70. The summed E-state index contributed by atoms with van der Waals surface area (Å²) >= 11 is 0. The van der Waals surface area contributed by atoms with Crippen LogP contribution in [0.3, 0.4) is 0 Å². The lowest BCUT2D eigenvalue weighted by Crippen LogP contribution is -2.20. The van der Waals surface area contributed by atoms with Gasteiger partial charge in [-0.15, -0.1) is 0 Å². The molecular weight excluding hydrogens is 267 g/mol. The summed E-state index contributed by atoms with van der Waals surface area (Å²) in [5.41, 5.74) is 7.35. The van der Waals surface area contributed by atoms with E-state index in [1.54, 1.807) is 12.1 Å². The topological polar surface area (TPSA) is 67.6 Å². The number of hydrogen-bond donors (Lipinski definition) is 1. The van der Waals surface area contributed by atoms with Crippen molar-refractivity contribution in [3.63, 3.8) is 0 Å². The minimum absolute atomic E-state index is 0.158. The molecule has 0 radical (unpaired) electrons. The first-order chi connectivity index (χ1) is 10.2. The zero-order valence-electron chi connectivity index (χ0n) is 11.9. The number of nitrogens with zero attached hydrogens (tertiary/aromatic N) is 3. The van der Waals surface area contributed by atoms with Crippen molar-refractivity contribution in [2.45, 2.75) is 38.1 Å². The summed E-state index contributed by atoms with van der Waals surface area (Å²) in [6, 6.07) is 7.37. The van der Waals surface area contributed by atoms with E-state index in [9.17, 15) is 4.39 Å². The predicted octanol–water partition coefficient (Wildman–Crippen LogP) is 2.93. The van der Waals surface area contributed by atoms with Gasteiger partial charge in [0.15, 0.2) is 0 Å². The molecule has 0 aliphatic heterocycles. The first kappa shape index (κ1) is 14.0. The van der Waals surface area contributed by atoms with Crippen LogP contribution in [0, 0.1) is 23.1 Å². The highest BCUT2D eigenvalue weighted by molar-refractivity contribution is 5.76. The van der Waals surface area contributed by atoms with E-state index in [-0.39, 0.29) is 11.7 Å². The molecule has 1 aliphatic rings. The van der Waals surface area contributed by atoms with Crippen LogP contribution in [0.1, 0.15) is 37.5 Å². The SMILES string of the molecule is N#CC1CCC(n2c(CCN)nc3ccc(F)cc32)CC1. The average molecular weight is 286 g/mol. The van der Waals surface area contributed by atoms with Crippen LogP contribution in [0.2, 0.25) is 0 Å². The van der Waals surface area contributed by atoms with Crippen LogP contribution in [0.25, 0.3) is 11.0 Å². The molecule has 1 aromatic carbocycles. The largest absolute Gasteiger partial charge is 0.330 e. The molecule has 4 nitrogen and oxygen atoms in total. The molecule has 1 aromatic heterocycles. The van der Waals surface area contributed by atoms with Gasteiger partial charge >= 0.3 is 0 Å². The lowest BCUT2D eigenvalue weighted by Gasteiger charge is -2.28. The fraction of sp³-hybridized carbons (Fsp3) is 0.500. The molecule has 5 heteroatoms. The van der Waals surface area contributed by atoms with Gasteiger partial charge in [0, 0.05) is 18.4 Å². The Hall–Kier alpha value is -1.93. The van der Waals surface area contributed by atoms with Crippen LogP contribution >= 0.6 is 0 Å². The Kier molecular flexibility index (Phi) is 3.89. The fourth-order valence-electron chi connectivity index (χ4n) is 3.29. The number of nitrogens with two attached hydrogens (primary N) is 1. The van der Waals surface area contributed by atoms with Gasteiger partial charge in [-0.05, 0) is 50.4 Å². The van der Waals surface area contributed by atoms with Crippen molar-refractivity contribution < 1.29 is 4.39 Å². The number of hydrogen-bond acceptors (Lipinski definition) is 3. The van der Waals surface area contributed by atoms with Crippen LogP contribution in [0.4, 0.5) is 4.39 Å². The molecule has 21 heavy (non-hydrogen) atoms. The van der Waals surface area contributed by atoms with Crippen molar-refractivity contribution >= 4 is 11.0 Å². The average Bonchev–Trinajstić information content (AvgIpc) is 2.85. The number of aromatic nitrogens is 2. The van der Waals surface area contributed by atoms with Gasteiger partial charge in [-0.1, -0.05) is 0 Å². The van der Waals surface area contributed by atoms with E-state index in [2.05, 4.69) is 15.6 Å². The minimum Gasteiger partial charge on any atom is -0.330 e. The monoisotopic (exact) mass is 286 g/mol. The van der Waals surface area contributed by atoms with Gasteiger partial charge < -0.3 is 10.3 Å². The summed E-state index contributed by atoms with van der Waals surface area (Å²) in [6.07, 6.45) is 4.38. The molecule has 0 spiro atoms. The van der Waals surface area contributed by atoms with Gasteiger partial charge in [-0.2, -0.15) is 5.26 Å². The molecule has 1 aliphatic carbocycles. The van der Waals surface area contributed by atoms with Crippen molar-refractivity contribution in [1.82, 2.24) is 9.55 Å². The Morgan fingerprint density at radius 1 is 1.33 bits per heavy atom. The number of halogens is 1. The van der Waals surface area contributed by atoms with Gasteiger partial charge in [0.25, 0.3) is 0 Å². The molecule has 110 valence electrons. The number of fused-ring (bicyclic) bond motifs is 1. The van der Waals surface area contributed by atoms with E-state index < -0.39 is 0 Å². The first-order valence-electron chi connectivity index (χ1n) is 7.49. The van der Waals surface area contributed by atoms with Gasteiger partial charge in [0.2, 0.25) is 0 Å². The zero-order valence-corrected chi connectivity index (χ0v) is 11.9. The second-order valence-corrected chi connectivity index (χ2v) is 5.70. The molecule has 0 atom stereocenters. The van der Waals surface area contributed by atoms with E-state index in [4.69, 9.17) is 11.0 Å². The molecule has 3 rings (SSSR count). The van der Waals surface area contributed by atoms with Crippen molar-refractivity contribution in [3.05, 3.63) is 29.8 Å². The molecule has 1 heterocycles. The number of imidazole rings is 1. The normalized spacial score (nSPS) is 22.3. The van der Waals surface area contributed by atoms with E-state index in [0.717, 1.165) is 42.5 Å². The highest BCUT2D eigenvalue weighted by Crippen LogP contribution is 2.35. The lowest BCUT2D eigenvalue weighted by atomic mass is 9.86. The van der Waals surface area contributed by atoms with Crippen molar-refractivity contribution in [2.75, 3.05) is 6.54 Å². The molecule has 2 aromatic rings. The molecule has 0 unspecified atom stereocenters. The zero-order chi connectivity index (χ0) is 14.8. The van der Waals surface area contributed by atoms with Crippen molar-refractivity contribution in [3.8, 4) is 6.07 Å². The summed E-state index contributed by atoms with van der Waals surface area (Å²) in [6.45, 7) is 0.527. The van der Waals surface area contributed by atoms with E-state index in [0.29, 0.717) is 19.0 Å². The first-order valence-corrected chi connectivity index (χ1v) is 7.49. The minimum atomic E-state index is -0.242. The van der Waals surface area contributed by atoms with E-state index in [1.165, 1.54) is 6.07 Å². The molecule has 0 bridgehead atoms. The number of rotatable bonds is 3. The third-order valence-corrected chi connectivity index (χ3v) is 4.34. The maximum atomic E-state index is 13.6. The highest BCUT2D eigenvalue weighted by atomic mass is 19.1. The van der Waals surface area contributed by atoms with Crippen LogP contribution in [0.15, 0.2) is 18.2 Å². The summed E-state index contributed by atoms with van der Waals surface area (Å²) in [5.74, 6) is 0.845. The maximum absolute atomic E-state index is 13.6. The number of nitriles is 1. The molecule has 2 N–H and O–H groups in total. The molecular formula is C16H19FN4. The van der Waals surface area contributed by atoms with Crippen LogP contribution in [-0.4, -0.2) is 16.1 Å². The van der Waals surface area contributed by atoms with Crippen LogP contribution in [-0.2, 0) is 6.42 Å². The Labute approximate surface area is 123 Å². The van der Waals surface area contributed by atoms with Gasteiger partial charge in [0.1, 0.15) is 11.6 Å². The summed E-state index contributed by atoms with van der Waals surface area (Å²) < 4.78 is 15.7. The highest BCUT2D eigenvalue weighted by Gasteiger charge is 2.25. The van der Waals surface area contributed by atoms with Gasteiger partial charge in [-0.25, -0.2) is 9.37 Å². The summed E-state index contributed by atoms with van der Waals surface area (Å²) in [7, 11) is 0. The van der Waals surface area contributed by atoms with E-state index >= 15 is 0 Å². The molecule has 1 fully saturated rings. The van der Waals surface area contributed by atoms with Gasteiger partial charge in [0.05, 0.1) is 17.1 Å². The van der Waals surface area contributed by atoms with E-state index in [1.807, 2.05) is 0 Å². The summed E-state index contributed by atoms with van der Waals surface area (Å²) in [4.78, 5) is 4.61. The Bertz CT molecular complexity index is 677. The Morgan fingerprint density at radius 2 is 2.10 bits per heavy atom. The number of benzene rings is 1. The molecule has 0 saturated heterocycles. The standard InChI is InChI=1S/C16H19FN4/c17-12-3-6-14-15(9-12)21(16(20-14)7-8-18)13-4-1-11(10-19)2-5-13/h3,6,9,11,13H,1-2,4-5,7-8,18H2. The Morgan fingerprint density at radius 3 is 2.76 bits per heavy atom. The molecule has 1 saturated carbocycles. The van der Waals surface area contributed by atoms with Crippen LogP contribution < -0.4 is 5.73 Å². The predicted molar refractivity (Wildman–Crippen MR) is 79.1 cm³/mol. The smallest absolute Gasteiger partial charge is 0.125 e. The second kappa shape index (κ2) is 5.82. The molecule has 0 amide bonds. The summed E-state index contributed by atoms with van der Waals surface area (Å²) in [5, 5.41) is 9.02.